The number of pyridine rings is 2. The van der Waals surface area contributed by atoms with E-state index in [0.717, 1.165) is 16.7 Å². The molecule has 174 valence electrons. The Morgan fingerprint density at radius 2 is 1.91 bits per heavy atom. The van der Waals surface area contributed by atoms with Crippen LogP contribution in [0.3, 0.4) is 0 Å². The summed E-state index contributed by atoms with van der Waals surface area (Å²) >= 11 is 0. The van der Waals surface area contributed by atoms with Gasteiger partial charge in [0, 0.05) is 41.6 Å². The molecule has 2 aliphatic rings. The second-order valence-electron chi connectivity index (χ2n) is 8.46. The van der Waals surface area contributed by atoms with Gasteiger partial charge in [0.1, 0.15) is 11.5 Å². The van der Waals surface area contributed by atoms with E-state index in [1.165, 1.54) is 12.0 Å². The van der Waals surface area contributed by atoms with Gasteiger partial charge in [-0.15, -0.1) is 0 Å². The first-order valence-corrected chi connectivity index (χ1v) is 10.9. The molecule has 1 saturated heterocycles. The normalized spacial score (nSPS) is 19.1. The molecule has 35 heavy (non-hydrogen) atoms. The number of furan rings is 1. The van der Waals surface area contributed by atoms with Gasteiger partial charge in [-0.05, 0) is 47.5 Å². The maximum atomic E-state index is 13.2. The highest BCUT2D eigenvalue weighted by Gasteiger charge is 2.53. The highest BCUT2D eigenvalue weighted by Crippen LogP contribution is 2.35. The Bertz CT molecular complexity index is 1520. The summed E-state index contributed by atoms with van der Waals surface area (Å²) in [7, 11) is 1.53. The van der Waals surface area contributed by atoms with Crippen LogP contribution in [-0.2, 0) is 16.9 Å². The lowest BCUT2D eigenvalue weighted by molar-refractivity contribution is -0.125. The minimum atomic E-state index is -1.60. The molecule has 10 heteroatoms. The summed E-state index contributed by atoms with van der Waals surface area (Å²) in [5, 5.41) is 5.63. The van der Waals surface area contributed by atoms with Crippen LogP contribution in [0.25, 0.3) is 22.2 Å². The minimum absolute atomic E-state index is 0.114. The maximum Gasteiger partial charge on any atom is 0.322 e. The van der Waals surface area contributed by atoms with Crippen molar-refractivity contribution in [1.29, 1.82) is 0 Å². The van der Waals surface area contributed by atoms with E-state index in [1.54, 1.807) is 36.8 Å². The van der Waals surface area contributed by atoms with Crippen molar-refractivity contribution < 1.29 is 23.5 Å². The van der Waals surface area contributed by atoms with Crippen LogP contribution in [0, 0.1) is 0 Å². The van der Waals surface area contributed by atoms with Gasteiger partial charge in [-0.1, -0.05) is 6.07 Å². The van der Waals surface area contributed by atoms with E-state index >= 15 is 0 Å². The average Bonchev–Trinajstić information content (AvgIpc) is 3.53. The predicted octanol–water partition coefficient (Wildman–Crippen LogP) is 2.59. The molecule has 3 aromatic heterocycles. The molecular weight excluding hydrogens is 450 g/mol. The zero-order valence-electron chi connectivity index (χ0n) is 18.6. The zero-order chi connectivity index (χ0) is 24.2. The van der Waals surface area contributed by atoms with Crippen LogP contribution in [-0.4, -0.2) is 46.4 Å². The molecule has 4 aromatic rings. The van der Waals surface area contributed by atoms with Crippen molar-refractivity contribution in [2.45, 2.75) is 12.1 Å². The van der Waals surface area contributed by atoms with E-state index in [4.69, 9.17) is 9.15 Å². The van der Waals surface area contributed by atoms with E-state index in [-0.39, 0.29) is 24.8 Å². The van der Waals surface area contributed by atoms with Gasteiger partial charge < -0.3 is 19.4 Å². The molecule has 0 bridgehead atoms. The number of imide groups is 1. The topological polar surface area (TPSA) is 127 Å². The van der Waals surface area contributed by atoms with E-state index in [0.29, 0.717) is 22.4 Å². The summed E-state index contributed by atoms with van der Waals surface area (Å²) < 4.78 is 11.2. The molecule has 6 rings (SSSR count). The van der Waals surface area contributed by atoms with Crippen molar-refractivity contribution in [2.75, 3.05) is 13.7 Å². The third-order valence-corrected chi connectivity index (χ3v) is 6.37. The van der Waals surface area contributed by atoms with Gasteiger partial charge in [-0.2, -0.15) is 0 Å². The number of benzene rings is 1. The summed E-state index contributed by atoms with van der Waals surface area (Å²) in [6.45, 7) is 0.172. The lowest BCUT2D eigenvalue weighted by Gasteiger charge is -2.28. The summed E-state index contributed by atoms with van der Waals surface area (Å²) in [5.41, 5.74) is 1.79. The van der Waals surface area contributed by atoms with E-state index in [1.807, 2.05) is 24.3 Å². The number of aromatic nitrogens is 2. The Kier molecular flexibility index (Phi) is 4.56. The third-order valence-electron chi connectivity index (χ3n) is 6.37. The molecule has 0 aliphatic carbocycles. The number of rotatable bonds is 5. The fourth-order valence-electron chi connectivity index (χ4n) is 4.58. The number of fused-ring (bicyclic) bond motifs is 2. The number of ether oxygens (including phenoxy) is 1. The molecule has 0 saturated carbocycles. The van der Waals surface area contributed by atoms with Gasteiger partial charge in [0.2, 0.25) is 5.71 Å². The number of amides is 4. The van der Waals surface area contributed by atoms with Crippen molar-refractivity contribution in [2.24, 2.45) is 0 Å². The number of nitrogens with zero attached hydrogens (tertiary/aromatic N) is 3. The lowest BCUT2D eigenvalue weighted by Crippen LogP contribution is -2.52. The van der Waals surface area contributed by atoms with Gasteiger partial charge in [-0.3, -0.25) is 19.9 Å². The van der Waals surface area contributed by atoms with E-state index in [9.17, 15) is 14.4 Å². The Hall–Kier alpha value is -4.73. The number of urea groups is 1. The van der Waals surface area contributed by atoms with Crippen LogP contribution in [0.1, 0.15) is 21.7 Å². The fraction of sp³-hybridized carbons (Fsp3) is 0.160. The van der Waals surface area contributed by atoms with E-state index in [2.05, 4.69) is 20.6 Å². The van der Waals surface area contributed by atoms with Gasteiger partial charge in [-0.25, -0.2) is 9.78 Å². The molecule has 2 aliphatic heterocycles. The highest BCUT2D eigenvalue weighted by molar-refractivity contribution is 6.08. The SMILES string of the molecule is COc1ccc2c(c1)C(=O)N(CC1(c3cc4cc(-c5ccncc5)cnc4o3)NC(=O)NC1=O)C2. The van der Waals surface area contributed by atoms with Crippen molar-refractivity contribution in [3.63, 3.8) is 0 Å². The molecule has 1 fully saturated rings. The average molecular weight is 469 g/mol. The van der Waals surface area contributed by atoms with E-state index < -0.39 is 17.5 Å². The highest BCUT2D eigenvalue weighted by atomic mass is 16.5. The Balaban J connectivity index is 1.38. The largest absolute Gasteiger partial charge is 0.497 e. The molecule has 1 aromatic carbocycles. The van der Waals surface area contributed by atoms with Crippen LogP contribution in [0.5, 0.6) is 5.75 Å². The van der Waals surface area contributed by atoms with Crippen LogP contribution in [0.4, 0.5) is 4.79 Å². The minimum Gasteiger partial charge on any atom is -0.497 e. The maximum absolute atomic E-state index is 13.2. The zero-order valence-corrected chi connectivity index (χ0v) is 18.6. The smallest absolute Gasteiger partial charge is 0.322 e. The van der Waals surface area contributed by atoms with Crippen molar-refractivity contribution in [3.8, 4) is 16.9 Å². The standard InChI is InChI=1S/C25H19N5O5/c1-34-18-3-2-15-12-30(22(31)19(15)10-18)13-25(23(32)28-24(33)29-25)20-9-16-8-17(11-27-21(16)35-20)14-4-6-26-7-5-14/h2-11H,12-13H2,1H3,(H2,28,29,32,33). The predicted molar refractivity (Wildman–Crippen MR) is 123 cm³/mol. The third kappa shape index (κ3) is 3.30. The molecule has 0 spiro atoms. The summed E-state index contributed by atoms with van der Waals surface area (Å²) in [5.74, 6) is -0.107. The Morgan fingerprint density at radius 3 is 2.66 bits per heavy atom. The fourth-order valence-corrected chi connectivity index (χ4v) is 4.58. The molecule has 0 radical (unpaired) electrons. The summed E-state index contributed by atoms with van der Waals surface area (Å²) in [6, 6.07) is 11.9. The Morgan fingerprint density at radius 1 is 1.09 bits per heavy atom. The first kappa shape index (κ1) is 20.8. The molecular formula is C25H19N5O5. The number of hydrogen-bond donors (Lipinski definition) is 2. The van der Waals surface area contributed by atoms with Crippen LogP contribution in [0.15, 0.2) is 65.5 Å². The van der Waals surface area contributed by atoms with Crippen LogP contribution in [0.2, 0.25) is 0 Å². The molecule has 2 N–H and O–H groups in total. The molecule has 1 unspecified atom stereocenters. The number of carbonyl (C=O) groups excluding carboxylic acids is 3. The van der Waals surface area contributed by atoms with Crippen LogP contribution >= 0.6 is 0 Å². The monoisotopic (exact) mass is 469 g/mol. The van der Waals surface area contributed by atoms with Gasteiger partial charge in [0.05, 0.1) is 13.7 Å². The van der Waals surface area contributed by atoms with Gasteiger partial charge >= 0.3 is 6.03 Å². The molecule has 10 nitrogen and oxygen atoms in total. The van der Waals surface area contributed by atoms with Gasteiger partial charge in [0.25, 0.3) is 11.8 Å². The number of carbonyl (C=O) groups is 3. The number of methoxy groups -OCH3 is 1. The van der Waals surface area contributed by atoms with Crippen LogP contribution < -0.4 is 15.4 Å². The Labute approximate surface area is 198 Å². The quantitative estimate of drug-likeness (QED) is 0.430. The first-order valence-electron chi connectivity index (χ1n) is 10.9. The van der Waals surface area contributed by atoms with Crippen molar-refractivity contribution in [3.05, 3.63) is 77.9 Å². The second kappa shape index (κ2) is 7.66. The van der Waals surface area contributed by atoms with Gasteiger partial charge in [0.15, 0.2) is 5.54 Å². The second-order valence-corrected chi connectivity index (χ2v) is 8.46. The molecule has 4 amide bonds. The summed E-state index contributed by atoms with van der Waals surface area (Å²) in [6.07, 6.45) is 5.04. The van der Waals surface area contributed by atoms with Crippen molar-refractivity contribution in [1.82, 2.24) is 25.5 Å². The first-order chi connectivity index (χ1) is 17.0. The lowest BCUT2D eigenvalue weighted by atomic mass is 9.95. The molecule has 1 atom stereocenters. The molecule has 5 heterocycles. The number of nitrogens with one attached hydrogen (secondary N) is 2. The summed E-state index contributed by atoms with van der Waals surface area (Å²) in [4.78, 5) is 48.4. The van der Waals surface area contributed by atoms with Crippen molar-refractivity contribution >= 4 is 28.9 Å². The number of hydrogen-bond acceptors (Lipinski definition) is 7.